The van der Waals surface area contributed by atoms with Gasteiger partial charge in [-0.15, -0.1) is 21.5 Å². The highest BCUT2D eigenvalue weighted by Crippen LogP contribution is 2.25. The minimum absolute atomic E-state index is 0.816. The fraction of sp³-hybridized carbons (Fsp3) is 0.450. The molecule has 0 bridgehead atoms. The Morgan fingerprint density at radius 3 is 2.63 bits per heavy atom. The van der Waals surface area contributed by atoms with Gasteiger partial charge in [0.15, 0.2) is 5.16 Å². The molecule has 0 aliphatic carbocycles. The average Bonchev–Trinajstić information content (AvgIpc) is 3.44. The van der Waals surface area contributed by atoms with Crippen molar-refractivity contribution in [2.75, 3.05) is 13.1 Å². The van der Waals surface area contributed by atoms with Gasteiger partial charge in [0.05, 0.1) is 23.8 Å². The second kappa shape index (κ2) is 8.99. The first-order valence-corrected chi connectivity index (χ1v) is 11.4. The van der Waals surface area contributed by atoms with E-state index in [4.69, 9.17) is 0 Å². The van der Waals surface area contributed by atoms with Crippen molar-refractivity contribution in [3.05, 3.63) is 57.8 Å². The normalized spacial score (nSPS) is 14.9. The van der Waals surface area contributed by atoms with Crippen LogP contribution >= 0.6 is 23.1 Å². The standard InChI is InChI=1S/C20H25N5S2/c1-2-19-21-17(14-26-19)15-27-20-23-22-18(13-24-10-6-7-11-24)25(20)12-16-8-4-3-5-9-16/h3-5,8-9,14H,2,6-7,10-13,15H2,1H3. The molecule has 27 heavy (non-hydrogen) atoms. The Balaban J connectivity index is 1.52. The Morgan fingerprint density at radius 1 is 1.07 bits per heavy atom. The number of rotatable bonds is 8. The molecule has 0 N–H and O–H groups in total. The second-order valence-electron chi connectivity index (χ2n) is 6.83. The number of hydrogen-bond donors (Lipinski definition) is 0. The molecule has 0 radical (unpaired) electrons. The van der Waals surface area contributed by atoms with Gasteiger partial charge in [0, 0.05) is 11.1 Å². The molecular formula is C20H25N5S2. The van der Waals surface area contributed by atoms with Gasteiger partial charge in [0.2, 0.25) is 0 Å². The van der Waals surface area contributed by atoms with Crippen LogP contribution in [0.2, 0.25) is 0 Å². The summed E-state index contributed by atoms with van der Waals surface area (Å²) in [4.78, 5) is 7.16. The average molecular weight is 400 g/mol. The van der Waals surface area contributed by atoms with Gasteiger partial charge < -0.3 is 4.57 Å². The third-order valence-corrected chi connectivity index (χ3v) is 6.83. The molecule has 5 nitrogen and oxygen atoms in total. The van der Waals surface area contributed by atoms with Crippen LogP contribution in [0.4, 0.5) is 0 Å². The molecule has 0 amide bonds. The second-order valence-corrected chi connectivity index (χ2v) is 8.71. The lowest BCUT2D eigenvalue weighted by Gasteiger charge is -2.16. The fourth-order valence-corrected chi connectivity index (χ4v) is 5.02. The van der Waals surface area contributed by atoms with Gasteiger partial charge in [-0.2, -0.15) is 0 Å². The maximum absolute atomic E-state index is 4.68. The highest BCUT2D eigenvalue weighted by molar-refractivity contribution is 7.98. The molecule has 3 aromatic rings. The number of aromatic nitrogens is 4. The number of likely N-dealkylation sites (tertiary alicyclic amines) is 1. The van der Waals surface area contributed by atoms with Crippen molar-refractivity contribution in [2.24, 2.45) is 0 Å². The van der Waals surface area contributed by atoms with E-state index in [9.17, 15) is 0 Å². The fourth-order valence-electron chi connectivity index (χ4n) is 3.32. The van der Waals surface area contributed by atoms with E-state index in [1.54, 1.807) is 23.1 Å². The molecular weight excluding hydrogens is 374 g/mol. The number of aryl methyl sites for hydroxylation is 1. The molecule has 7 heteroatoms. The molecule has 142 valence electrons. The maximum atomic E-state index is 4.68. The van der Waals surface area contributed by atoms with Crippen molar-refractivity contribution in [3.63, 3.8) is 0 Å². The van der Waals surface area contributed by atoms with E-state index in [2.05, 4.69) is 67.3 Å². The Hall–Kier alpha value is -1.70. The van der Waals surface area contributed by atoms with Gasteiger partial charge in [-0.25, -0.2) is 4.98 Å². The quantitative estimate of drug-likeness (QED) is 0.530. The summed E-state index contributed by atoms with van der Waals surface area (Å²) in [7, 11) is 0. The molecule has 1 aromatic carbocycles. The summed E-state index contributed by atoms with van der Waals surface area (Å²) in [6.45, 7) is 6.18. The molecule has 3 heterocycles. The van der Waals surface area contributed by atoms with Crippen LogP contribution in [0, 0.1) is 0 Å². The van der Waals surface area contributed by atoms with Crippen molar-refractivity contribution in [2.45, 2.75) is 50.2 Å². The molecule has 0 spiro atoms. The molecule has 1 aliphatic rings. The van der Waals surface area contributed by atoms with Gasteiger partial charge in [-0.3, -0.25) is 4.90 Å². The monoisotopic (exact) mass is 399 g/mol. The molecule has 0 saturated carbocycles. The number of nitrogens with zero attached hydrogens (tertiary/aromatic N) is 5. The van der Waals surface area contributed by atoms with Gasteiger partial charge in [0.1, 0.15) is 5.82 Å². The van der Waals surface area contributed by atoms with Crippen molar-refractivity contribution >= 4 is 23.1 Å². The van der Waals surface area contributed by atoms with Crippen molar-refractivity contribution in [1.82, 2.24) is 24.6 Å². The third kappa shape index (κ3) is 4.78. The zero-order chi connectivity index (χ0) is 18.5. The zero-order valence-electron chi connectivity index (χ0n) is 15.7. The van der Waals surface area contributed by atoms with Gasteiger partial charge in [-0.1, -0.05) is 49.0 Å². The minimum atomic E-state index is 0.816. The maximum Gasteiger partial charge on any atom is 0.191 e. The number of thiazole rings is 1. The molecule has 1 aliphatic heterocycles. The van der Waals surface area contributed by atoms with E-state index in [0.717, 1.165) is 41.9 Å². The van der Waals surface area contributed by atoms with Crippen LogP contribution in [-0.4, -0.2) is 37.7 Å². The molecule has 0 unspecified atom stereocenters. The van der Waals surface area contributed by atoms with E-state index in [1.165, 1.54) is 36.5 Å². The minimum Gasteiger partial charge on any atom is -0.300 e. The third-order valence-electron chi connectivity index (χ3n) is 4.79. The topological polar surface area (TPSA) is 46.8 Å². The van der Waals surface area contributed by atoms with Crippen LogP contribution < -0.4 is 0 Å². The van der Waals surface area contributed by atoms with Crippen LogP contribution in [0.3, 0.4) is 0 Å². The molecule has 4 rings (SSSR count). The van der Waals surface area contributed by atoms with Crippen LogP contribution in [-0.2, 0) is 25.3 Å². The Kier molecular flexibility index (Phi) is 6.21. The zero-order valence-corrected chi connectivity index (χ0v) is 17.3. The lowest BCUT2D eigenvalue weighted by atomic mass is 10.2. The van der Waals surface area contributed by atoms with Gasteiger partial charge in [0.25, 0.3) is 0 Å². The van der Waals surface area contributed by atoms with E-state index in [0.29, 0.717) is 0 Å². The first kappa shape index (κ1) is 18.7. The molecule has 2 aromatic heterocycles. The van der Waals surface area contributed by atoms with E-state index < -0.39 is 0 Å². The van der Waals surface area contributed by atoms with Crippen LogP contribution in [0.5, 0.6) is 0 Å². The van der Waals surface area contributed by atoms with Crippen LogP contribution in [0.25, 0.3) is 0 Å². The van der Waals surface area contributed by atoms with Crippen LogP contribution in [0.1, 0.15) is 41.9 Å². The SMILES string of the molecule is CCc1nc(CSc2nnc(CN3CCCC3)n2Cc2ccccc2)cs1. The van der Waals surface area contributed by atoms with Crippen LogP contribution in [0.15, 0.2) is 40.9 Å². The summed E-state index contributed by atoms with van der Waals surface area (Å²) in [5.41, 5.74) is 2.42. The van der Waals surface area contributed by atoms with E-state index in [1.807, 2.05) is 0 Å². The summed E-state index contributed by atoms with van der Waals surface area (Å²) in [5.74, 6) is 1.91. The first-order valence-electron chi connectivity index (χ1n) is 9.56. The Bertz CT molecular complexity index is 852. The highest BCUT2D eigenvalue weighted by atomic mass is 32.2. The molecule has 1 fully saturated rings. The van der Waals surface area contributed by atoms with Crippen molar-refractivity contribution in [1.29, 1.82) is 0 Å². The Morgan fingerprint density at radius 2 is 1.89 bits per heavy atom. The summed E-state index contributed by atoms with van der Waals surface area (Å²) in [6.07, 6.45) is 3.58. The number of thioether (sulfide) groups is 1. The lowest BCUT2D eigenvalue weighted by molar-refractivity contribution is 0.316. The number of hydrogen-bond acceptors (Lipinski definition) is 6. The van der Waals surface area contributed by atoms with Crippen molar-refractivity contribution < 1.29 is 0 Å². The molecule has 1 saturated heterocycles. The predicted molar refractivity (Wildman–Crippen MR) is 111 cm³/mol. The van der Waals surface area contributed by atoms with Crippen molar-refractivity contribution in [3.8, 4) is 0 Å². The summed E-state index contributed by atoms with van der Waals surface area (Å²) < 4.78 is 2.28. The van der Waals surface area contributed by atoms with E-state index >= 15 is 0 Å². The summed E-state index contributed by atoms with van der Waals surface area (Å²) in [5, 5.41) is 13.4. The lowest BCUT2D eigenvalue weighted by Crippen LogP contribution is -2.21. The summed E-state index contributed by atoms with van der Waals surface area (Å²) >= 11 is 3.48. The number of benzene rings is 1. The highest BCUT2D eigenvalue weighted by Gasteiger charge is 2.19. The van der Waals surface area contributed by atoms with Gasteiger partial charge in [-0.05, 0) is 37.9 Å². The first-order chi connectivity index (χ1) is 13.3. The van der Waals surface area contributed by atoms with E-state index in [-0.39, 0.29) is 0 Å². The Labute approximate surface area is 168 Å². The summed E-state index contributed by atoms with van der Waals surface area (Å²) in [6, 6.07) is 10.6. The molecule has 0 atom stereocenters. The largest absolute Gasteiger partial charge is 0.300 e. The van der Waals surface area contributed by atoms with Gasteiger partial charge >= 0.3 is 0 Å². The predicted octanol–water partition coefficient (Wildman–Crippen LogP) is 4.23. The smallest absolute Gasteiger partial charge is 0.191 e.